The van der Waals surface area contributed by atoms with E-state index in [1.54, 1.807) is 18.3 Å². The van der Waals surface area contributed by atoms with E-state index in [0.717, 1.165) is 23.5 Å². The van der Waals surface area contributed by atoms with Crippen LogP contribution in [0.1, 0.15) is 70.6 Å². The summed E-state index contributed by atoms with van der Waals surface area (Å²) in [6.45, 7) is 10.1. The first-order valence-corrected chi connectivity index (χ1v) is 8.45. The van der Waals surface area contributed by atoms with Gasteiger partial charge in [-0.25, -0.2) is 4.98 Å². The van der Waals surface area contributed by atoms with Crippen LogP contribution in [0.4, 0.5) is 0 Å². The Morgan fingerprint density at radius 2 is 2.10 bits per heavy atom. The molecule has 0 spiro atoms. The fraction of sp³-hybridized carbons (Fsp3) is 0.750. The van der Waals surface area contributed by atoms with Gasteiger partial charge in [0.05, 0.1) is 23.8 Å². The molecule has 2 N–H and O–H groups in total. The van der Waals surface area contributed by atoms with Crippen molar-refractivity contribution in [3.63, 3.8) is 0 Å². The van der Waals surface area contributed by atoms with Gasteiger partial charge in [-0.15, -0.1) is 11.3 Å². The molecule has 118 valence electrons. The summed E-state index contributed by atoms with van der Waals surface area (Å²) in [4.78, 5) is 16.7. The van der Waals surface area contributed by atoms with E-state index in [2.05, 4.69) is 36.5 Å². The van der Waals surface area contributed by atoms with Crippen molar-refractivity contribution in [2.45, 2.75) is 70.9 Å². The van der Waals surface area contributed by atoms with Gasteiger partial charge in [-0.1, -0.05) is 20.8 Å². The standard InChI is InChI=1S/C16H26N2O2S/c1-10(14-18-12(9-21-14)15(2,3)4)17-13(19)8-16(5,20)11-6-7-11/h9-11,20H,6-8H2,1-5H3,(H,17,19)/t10-,16+/m0/s1. The lowest BCUT2D eigenvalue weighted by atomic mass is 9.93. The molecule has 1 aromatic heterocycles. The third kappa shape index (κ3) is 4.27. The van der Waals surface area contributed by atoms with Gasteiger partial charge in [-0.05, 0) is 32.6 Å². The topological polar surface area (TPSA) is 62.2 Å². The number of aliphatic hydroxyl groups is 1. The Kier molecular flexibility index (Phi) is 4.45. The maximum Gasteiger partial charge on any atom is 0.223 e. The van der Waals surface area contributed by atoms with Gasteiger partial charge in [0.25, 0.3) is 0 Å². The number of carbonyl (C=O) groups is 1. The Morgan fingerprint density at radius 3 is 2.57 bits per heavy atom. The van der Waals surface area contributed by atoms with Gasteiger partial charge in [0.1, 0.15) is 5.01 Å². The van der Waals surface area contributed by atoms with Crippen LogP contribution in [0, 0.1) is 5.92 Å². The number of thiazole rings is 1. The largest absolute Gasteiger partial charge is 0.389 e. The van der Waals surface area contributed by atoms with Crippen molar-refractivity contribution in [1.82, 2.24) is 10.3 Å². The van der Waals surface area contributed by atoms with E-state index in [4.69, 9.17) is 0 Å². The molecule has 1 aliphatic carbocycles. The van der Waals surface area contributed by atoms with E-state index in [-0.39, 0.29) is 29.7 Å². The number of carbonyl (C=O) groups excluding carboxylic acids is 1. The highest BCUT2D eigenvalue weighted by Crippen LogP contribution is 2.41. The minimum atomic E-state index is -0.872. The van der Waals surface area contributed by atoms with Crippen LogP contribution >= 0.6 is 11.3 Å². The molecule has 0 saturated heterocycles. The van der Waals surface area contributed by atoms with Gasteiger partial charge < -0.3 is 10.4 Å². The lowest BCUT2D eigenvalue weighted by molar-refractivity contribution is -0.126. The first kappa shape index (κ1) is 16.4. The van der Waals surface area contributed by atoms with Crippen molar-refractivity contribution in [3.05, 3.63) is 16.1 Å². The minimum absolute atomic E-state index is 0.0219. The second kappa shape index (κ2) is 5.69. The van der Waals surface area contributed by atoms with Crippen molar-refractivity contribution < 1.29 is 9.90 Å². The maximum atomic E-state index is 12.1. The van der Waals surface area contributed by atoms with Gasteiger partial charge in [-0.2, -0.15) is 0 Å². The van der Waals surface area contributed by atoms with Crippen LogP contribution < -0.4 is 5.32 Å². The molecule has 1 fully saturated rings. The molecular formula is C16H26N2O2S. The lowest BCUT2D eigenvalue weighted by Gasteiger charge is -2.23. The highest BCUT2D eigenvalue weighted by atomic mass is 32.1. The van der Waals surface area contributed by atoms with Crippen LogP contribution in [0.5, 0.6) is 0 Å². The Balaban J connectivity index is 1.93. The molecule has 2 rings (SSSR count). The number of hydrogen-bond acceptors (Lipinski definition) is 4. The highest BCUT2D eigenvalue weighted by molar-refractivity contribution is 7.09. The van der Waals surface area contributed by atoms with Crippen molar-refractivity contribution in [2.24, 2.45) is 5.92 Å². The third-order valence-corrected chi connectivity index (χ3v) is 5.04. The predicted molar refractivity (Wildman–Crippen MR) is 85.3 cm³/mol. The first-order chi connectivity index (χ1) is 9.59. The van der Waals surface area contributed by atoms with Crippen molar-refractivity contribution in [3.8, 4) is 0 Å². The molecule has 0 unspecified atom stereocenters. The second-order valence-corrected chi connectivity index (χ2v) is 8.31. The van der Waals surface area contributed by atoms with E-state index in [0.29, 0.717) is 0 Å². The summed E-state index contributed by atoms with van der Waals surface area (Å²) >= 11 is 1.57. The molecule has 0 bridgehead atoms. The number of nitrogens with one attached hydrogen (secondary N) is 1. The van der Waals surface area contributed by atoms with E-state index in [1.165, 1.54) is 0 Å². The zero-order valence-corrected chi connectivity index (χ0v) is 14.4. The molecule has 4 nitrogen and oxygen atoms in total. The summed E-state index contributed by atoms with van der Waals surface area (Å²) in [5, 5.41) is 16.2. The summed E-state index contributed by atoms with van der Waals surface area (Å²) in [6, 6.07) is -0.117. The van der Waals surface area contributed by atoms with Gasteiger partial charge >= 0.3 is 0 Å². The van der Waals surface area contributed by atoms with Crippen LogP contribution in [-0.4, -0.2) is 21.6 Å². The van der Waals surface area contributed by atoms with Gasteiger partial charge in [0.2, 0.25) is 5.91 Å². The SMILES string of the molecule is C[C@H](NC(=O)C[C@@](C)(O)C1CC1)c1nc(C(C)(C)C)cs1. The summed E-state index contributed by atoms with van der Waals surface area (Å²) < 4.78 is 0. The Morgan fingerprint density at radius 1 is 1.48 bits per heavy atom. The van der Waals surface area contributed by atoms with Crippen LogP contribution in [-0.2, 0) is 10.2 Å². The number of amides is 1. The molecule has 0 aliphatic heterocycles. The van der Waals surface area contributed by atoms with Crippen LogP contribution in [0.2, 0.25) is 0 Å². The van der Waals surface area contributed by atoms with Gasteiger partial charge in [0, 0.05) is 10.8 Å². The minimum Gasteiger partial charge on any atom is -0.389 e. The Bertz CT molecular complexity index is 513. The van der Waals surface area contributed by atoms with Crippen LogP contribution in [0.15, 0.2) is 5.38 Å². The normalized spacial score (nSPS) is 19.9. The smallest absolute Gasteiger partial charge is 0.223 e. The van der Waals surface area contributed by atoms with Crippen molar-refractivity contribution in [2.75, 3.05) is 0 Å². The Hall–Kier alpha value is -0.940. The number of hydrogen-bond donors (Lipinski definition) is 2. The molecule has 1 saturated carbocycles. The summed E-state index contributed by atoms with van der Waals surface area (Å²) in [5.41, 5.74) is 0.200. The molecular weight excluding hydrogens is 284 g/mol. The molecule has 1 aromatic rings. The fourth-order valence-electron chi connectivity index (χ4n) is 2.36. The van der Waals surface area contributed by atoms with Gasteiger partial charge in [-0.3, -0.25) is 4.79 Å². The fourth-order valence-corrected chi connectivity index (χ4v) is 3.41. The maximum absolute atomic E-state index is 12.1. The predicted octanol–water partition coefficient (Wildman–Crippen LogP) is 3.17. The summed E-state index contributed by atoms with van der Waals surface area (Å²) in [5.74, 6) is 0.179. The van der Waals surface area contributed by atoms with E-state index < -0.39 is 5.60 Å². The molecule has 5 heteroatoms. The average Bonchev–Trinajstić information content (AvgIpc) is 3.04. The molecule has 0 aromatic carbocycles. The highest BCUT2D eigenvalue weighted by Gasteiger charge is 2.41. The van der Waals surface area contributed by atoms with E-state index in [1.807, 2.05) is 6.92 Å². The van der Waals surface area contributed by atoms with Crippen LogP contribution in [0.3, 0.4) is 0 Å². The number of nitrogens with zero attached hydrogens (tertiary/aromatic N) is 1. The molecule has 1 amide bonds. The quantitative estimate of drug-likeness (QED) is 0.878. The monoisotopic (exact) mass is 310 g/mol. The molecule has 21 heavy (non-hydrogen) atoms. The molecule has 1 heterocycles. The van der Waals surface area contributed by atoms with Crippen molar-refractivity contribution >= 4 is 17.2 Å². The zero-order chi connectivity index (χ0) is 15.8. The molecule has 0 radical (unpaired) electrons. The summed E-state index contributed by atoms with van der Waals surface area (Å²) in [6.07, 6.45) is 2.22. The molecule has 1 aliphatic rings. The summed E-state index contributed by atoms with van der Waals surface area (Å²) in [7, 11) is 0. The number of aromatic nitrogens is 1. The first-order valence-electron chi connectivity index (χ1n) is 7.57. The average molecular weight is 310 g/mol. The lowest BCUT2D eigenvalue weighted by Crippen LogP contribution is -2.37. The third-order valence-electron chi connectivity index (χ3n) is 4.01. The Labute approximate surface area is 131 Å². The van der Waals surface area contributed by atoms with Gasteiger partial charge in [0.15, 0.2) is 0 Å². The molecule has 2 atom stereocenters. The zero-order valence-electron chi connectivity index (χ0n) is 13.6. The van der Waals surface area contributed by atoms with Crippen molar-refractivity contribution in [1.29, 1.82) is 0 Å². The number of rotatable bonds is 5. The van der Waals surface area contributed by atoms with Crippen LogP contribution in [0.25, 0.3) is 0 Å². The van der Waals surface area contributed by atoms with E-state index >= 15 is 0 Å². The second-order valence-electron chi connectivity index (χ2n) is 7.42. The van der Waals surface area contributed by atoms with E-state index in [9.17, 15) is 9.90 Å².